The van der Waals surface area contributed by atoms with Crippen LogP contribution in [-0.2, 0) is 0 Å². The molecule has 1 saturated heterocycles. The van der Waals surface area contributed by atoms with Gasteiger partial charge in [0.2, 0.25) is 5.95 Å². The maximum absolute atomic E-state index is 12.5. The minimum Gasteiger partial charge on any atom is -0.497 e. The Hall–Kier alpha value is -3.68. The van der Waals surface area contributed by atoms with Crippen LogP contribution in [0.2, 0.25) is 0 Å². The minimum absolute atomic E-state index is 0.205. The smallest absolute Gasteiger partial charge is 0.257 e. The van der Waals surface area contributed by atoms with Crippen molar-refractivity contribution in [2.75, 3.05) is 48.4 Å². The lowest BCUT2D eigenvalue weighted by atomic mass is 10.2. The number of carbonyl (C=O) groups excluding carboxylic acids is 1. The van der Waals surface area contributed by atoms with Crippen molar-refractivity contribution >= 4 is 23.4 Å². The summed E-state index contributed by atoms with van der Waals surface area (Å²) in [6.45, 7) is 3.29. The van der Waals surface area contributed by atoms with Crippen LogP contribution in [0.5, 0.6) is 5.75 Å². The fraction of sp³-hybridized carbons (Fsp3) is 0.238. The fourth-order valence-electron chi connectivity index (χ4n) is 3.20. The molecule has 0 aliphatic carbocycles. The van der Waals surface area contributed by atoms with Gasteiger partial charge in [-0.1, -0.05) is 6.07 Å². The molecule has 2 aromatic heterocycles. The second kappa shape index (κ2) is 8.55. The van der Waals surface area contributed by atoms with Gasteiger partial charge in [0.15, 0.2) is 0 Å². The van der Waals surface area contributed by atoms with Gasteiger partial charge in [-0.25, -0.2) is 15.0 Å². The van der Waals surface area contributed by atoms with E-state index in [0.717, 1.165) is 37.9 Å². The summed E-state index contributed by atoms with van der Waals surface area (Å²) in [4.78, 5) is 29.9. The molecule has 1 aromatic carbocycles. The number of amides is 1. The quantitative estimate of drug-likeness (QED) is 0.716. The average Bonchev–Trinajstić information content (AvgIpc) is 2.80. The Morgan fingerprint density at radius 3 is 2.41 bits per heavy atom. The SMILES string of the molecule is COc1cccc(NC(=O)c2ccc(N3CCN(c4ncccn4)CC3)nc2)c1. The molecular formula is C21H22N6O2. The van der Waals surface area contributed by atoms with Gasteiger partial charge in [-0.2, -0.15) is 0 Å². The molecule has 1 aliphatic heterocycles. The number of ether oxygens (including phenoxy) is 1. The fourth-order valence-corrected chi connectivity index (χ4v) is 3.20. The Balaban J connectivity index is 1.36. The Morgan fingerprint density at radius 2 is 1.72 bits per heavy atom. The van der Waals surface area contributed by atoms with Crippen LogP contribution >= 0.6 is 0 Å². The van der Waals surface area contributed by atoms with E-state index in [1.807, 2.05) is 30.3 Å². The van der Waals surface area contributed by atoms with Crippen molar-refractivity contribution in [1.82, 2.24) is 15.0 Å². The Bertz CT molecular complexity index is 956. The minimum atomic E-state index is -0.205. The molecule has 0 radical (unpaired) electrons. The Kier molecular flexibility index (Phi) is 5.51. The summed E-state index contributed by atoms with van der Waals surface area (Å²) in [5.74, 6) is 2.10. The largest absolute Gasteiger partial charge is 0.497 e. The van der Waals surface area contributed by atoms with Crippen LogP contribution in [0.1, 0.15) is 10.4 Å². The molecule has 8 nitrogen and oxygen atoms in total. The van der Waals surface area contributed by atoms with E-state index >= 15 is 0 Å². The highest BCUT2D eigenvalue weighted by Crippen LogP contribution is 2.19. The van der Waals surface area contributed by atoms with Crippen molar-refractivity contribution in [1.29, 1.82) is 0 Å². The third-order valence-corrected chi connectivity index (χ3v) is 4.78. The molecule has 3 aromatic rings. The molecule has 0 unspecified atom stereocenters. The number of anilines is 3. The zero-order valence-electron chi connectivity index (χ0n) is 16.2. The van der Waals surface area contributed by atoms with Gasteiger partial charge in [-0.3, -0.25) is 4.79 Å². The van der Waals surface area contributed by atoms with Crippen LogP contribution in [0, 0.1) is 0 Å². The molecule has 1 amide bonds. The topological polar surface area (TPSA) is 83.5 Å². The molecule has 1 aliphatic rings. The van der Waals surface area contributed by atoms with Crippen LogP contribution in [0.25, 0.3) is 0 Å². The number of aromatic nitrogens is 3. The van der Waals surface area contributed by atoms with Gasteiger partial charge in [0.25, 0.3) is 5.91 Å². The summed E-state index contributed by atoms with van der Waals surface area (Å²) >= 11 is 0. The maximum Gasteiger partial charge on any atom is 0.257 e. The maximum atomic E-state index is 12.5. The molecule has 0 saturated carbocycles. The first-order valence-corrected chi connectivity index (χ1v) is 9.41. The predicted octanol–water partition coefficient (Wildman–Crippen LogP) is 2.46. The third-order valence-electron chi connectivity index (χ3n) is 4.78. The number of rotatable bonds is 5. The van der Waals surface area contributed by atoms with Crippen LogP contribution in [0.3, 0.4) is 0 Å². The van der Waals surface area contributed by atoms with E-state index in [0.29, 0.717) is 17.0 Å². The molecule has 0 spiro atoms. The standard InChI is InChI=1S/C21H22N6O2/c1-29-18-5-2-4-17(14-18)25-20(28)16-6-7-19(24-15-16)26-10-12-27(13-11-26)21-22-8-3-9-23-21/h2-9,14-15H,10-13H2,1H3,(H,25,28). The second-order valence-electron chi connectivity index (χ2n) is 6.61. The molecule has 4 rings (SSSR count). The summed E-state index contributed by atoms with van der Waals surface area (Å²) in [5.41, 5.74) is 1.19. The highest BCUT2D eigenvalue weighted by molar-refractivity contribution is 6.04. The summed E-state index contributed by atoms with van der Waals surface area (Å²) in [6.07, 6.45) is 5.12. The summed E-state index contributed by atoms with van der Waals surface area (Å²) < 4.78 is 5.18. The van der Waals surface area contributed by atoms with Gasteiger partial charge in [0.1, 0.15) is 11.6 Å². The second-order valence-corrected chi connectivity index (χ2v) is 6.61. The zero-order valence-corrected chi connectivity index (χ0v) is 16.2. The lowest BCUT2D eigenvalue weighted by molar-refractivity contribution is 0.102. The summed E-state index contributed by atoms with van der Waals surface area (Å²) in [7, 11) is 1.59. The van der Waals surface area contributed by atoms with Gasteiger partial charge < -0.3 is 19.9 Å². The number of benzene rings is 1. The van der Waals surface area contributed by atoms with Crippen molar-refractivity contribution in [3.8, 4) is 5.75 Å². The van der Waals surface area contributed by atoms with Gasteiger partial charge in [0.05, 0.1) is 12.7 Å². The molecule has 0 bridgehead atoms. The van der Waals surface area contributed by atoms with E-state index in [9.17, 15) is 4.79 Å². The molecular weight excluding hydrogens is 368 g/mol. The van der Waals surface area contributed by atoms with Crippen LogP contribution < -0.4 is 19.9 Å². The Labute approximate surface area is 169 Å². The first-order valence-electron chi connectivity index (χ1n) is 9.41. The lowest BCUT2D eigenvalue weighted by Gasteiger charge is -2.35. The molecule has 148 valence electrons. The monoisotopic (exact) mass is 390 g/mol. The van der Waals surface area contributed by atoms with Gasteiger partial charge in [-0.15, -0.1) is 0 Å². The molecule has 8 heteroatoms. The normalized spacial score (nSPS) is 13.8. The first kappa shape index (κ1) is 18.7. The molecule has 3 heterocycles. The zero-order chi connectivity index (χ0) is 20.1. The number of hydrogen-bond donors (Lipinski definition) is 1. The third kappa shape index (κ3) is 4.43. The highest BCUT2D eigenvalue weighted by atomic mass is 16.5. The molecule has 0 atom stereocenters. The van der Waals surface area contributed by atoms with Crippen LogP contribution in [0.4, 0.5) is 17.5 Å². The number of nitrogens with zero attached hydrogens (tertiary/aromatic N) is 5. The van der Waals surface area contributed by atoms with E-state index < -0.39 is 0 Å². The van der Waals surface area contributed by atoms with Crippen molar-refractivity contribution in [2.24, 2.45) is 0 Å². The number of nitrogens with one attached hydrogen (secondary N) is 1. The van der Waals surface area contributed by atoms with E-state index in [1.54, 1.807) is 37.8 Å². The predicted molar refractivity (Wildman–Crippen MR) is 112 cm³/mol. The van der Waals surface area contributed by atoms with Crippen molar-refractivity contribution in [3.05, 3.63) is 66.6 Å². The van der Waals surface area contributed by atoms with E-state index in [2.05, 4.69) is 30.1 Å². The molecule has 1 N–H and O–H groups in total. The number of piperazine rings is 1. The first-order chi connectivity index (χ1) is 14.2. The number of carbonyl (C=O) groups is 1. The number of pyridine rings is 1. The number of hydrogen-bond acceptors (Lipinski definition) is 7. The number of methoxy groups -OCH3 is 1. The van der Waals surface area contributed by atoms with Crippen LogP contribution in [0.15, 0.2) is 61.1 Å². The van der Waals surface area contributed by atoms with Crippen molar-refractivity contribution in [3.63, 3.8) is 0 Å². The highest BCUT2D eigenvalue weighted by Gasteiger charge is 2.20. The summed E-state index contributed by atoms with van der Waals surface area (Å²) in [6, 6.07) is 12.7. The molecule has 29 heavy (non-hydrogen) atoms. The van der Waals surface area contributed by atoms with Gasteiger partial charge in [-0.05, 0) is 30.3 Å². The van der Waals surface area contributed by atoms with Gasteiger partial charge >= 0.3 is 0 Å². The van der Waals surface area contributed by atoms with Crippen molar-refractivity contribution < 1.29 is 9.53 Å². The lowest BCUT2D eigenvalue weighted by Crippen LogP contribution is -2.47. The van der Waals surface area contributed by atoms with E-state index in [1.165, 1.54) is 0 Å². The summed E-state index contributed by atoms with van der Waals surface area (Å²) in [5, 5.41) is 2.86. The van der Waals surface area contributed by atoms with Crippen LogP contribution in [-0.4, -0.2) is 54.1 Å². The van der Waals surface area contributed by atoms with E-state index in [4.69, 9.17) is 4.74 Å². The van der Waals surface area contributed by atoms with Gasteiger partial charge in [0, 0.05) is 56.5 Å². The average molecular weight is 390 g/mol. The Morgan fingerprint density at radius 1 is 0.966 bits per heavy atom. The van der Waals surface area contributed by atoms with Crippen molar-refractivity contribution in [2.45, 2.75) is 0 Å². The molecule has 1 fully saturated rings. The van der Waals surface area contributed by atoms with E-state index in [-0.39, 0.29) is 5.91 Å².